The third kappa shape index (κ3) is 11.8. The van der Waals surface area contributed by atoms with E-state index in [1.54, 1.807) is 0 Å². The zero-order valence-corrected chi connectivity index (χ0v) is 33.2. The summed E-state index contributed by atoms with van der Waals surface area (Å²) < 4.78 is 17.8. The Kier molecular flexibility index (Phi) is 20.0. The van der Waals surface area contributed by atoms with Gasteiger partial charge in [-0.15, -0.1) is 0 Å². The fourth-order valence-corrected chi connectivity index (χ4v) is 8.14. The van der Waals surface area contributed by atoms with E-state index in [4.69, 9.17) is 14.2 Å². The number of rotatable bonds is 21. The largest absolute Gasteiger partial charge is 0.513 e. The van der Waals surface area contributed by atoms with Crippen LogP contribution in [0.1, 0.15) is 195 Å². The molecule has 0 radical (unpaired) electrons. The summed E-state index contributed by atoms with van der Waals surface area (Å²) in [6.07, 6.45) is 24.0. The minimum Gasteiger partial charge on any atom is -0.481 e. The third-order valence-electron chi connectivity index (χ3n) is 11.4. The second-order valence-electron chi connectivity index (χ2n) is 14.9. The number of carbonyl (C=O) groups excluding carboxylic acids is 1. The molecule has 5 heteroatoms. The Hall–Kier alpha value is -2.01. The van der Waals surface area contributed by atoms with Crippen LogP contribution in [-0.2, 0) is 16.6 Å². The van der Waals surface area contributed by atoms with E-state index >= 15 is 0 Å². The van der Waals surface area contributed by atoms with E-state index in [0.717, 1.165) is 62.0 Å². The highest BCUT2D eigenvalue weighted by Crippen LogP contribution is 2.62. The average molecular weight is 685 g/mol. The molecule has 0 amide bonds. The highest BCUT2D eigenvalue weighted by molar-refractivity contribution is 5.69. The van der Waals surface area contributed by atoms with Gasteiger partial charge in [-0.2, -0.15) is 0 Å². The van der Waals surface area contributed by atoms with Crippen LogP contribution in [0.4, 0.5) is 4.79 Å². The quantitative estimate of drug-likeness (QED) is 0.0604. The minimum atomic E-state index is -0.980. The molecule has 2 aliphatic carbocycles. The van der Waals surface area contributed by atoms with Crippen LogP contribution in [0.15, 0.2) is 24.3 Å². The van der Waals surface area contributed by atoms with Gasteiger partial charge in [0, 0.05) is 5.56 Å². The molecule has 1 aromatic carbocycles. The Morgan fingerprint density at radius 1 is 0.857 bits per heavy atom. The second-order valence-corrected chi connectivity index (χ2v) is 14.9. The Morgan fingerprint density at radius 3 is 1.90 bits per heavy atom. The molecule has 1 aliphatic heterocycles. The first kappa shape index (κ1) is 43.2. The van der Waals surface area contributed by atoms with E-state index in [2.05, 4.69) is 47.3 Å². The Labute approximate surface area is 302 Å². The molecule has 1 heterocycles. The van der Waals surface area contributed by atoms with E-state index in [1.807, 2.05) is 26.8 Å². The fourth-order valence-electron chi connectivity index (χ4n) is 8.14. The summed E-state index contributed by atoms with van der Waals surface area (Å²) in [7, 11) is 0. The summed E-state index contributed by atoms with van der Waals surface area (Å²) in [5.74, 6) is 2.19. The molecule has 1 aromatic rings. The van der Waals surface area contributed by atoms with Gasteiger partial charge in [0.2, 0.25) is 0 Å². The van der Waals surface area contributed by atoms with Gasteiger partial charge < -0.3 is 19.3 Å². The molecule has 1 fully saturated rings. The Bertz CT molecular complexity index is 1090. The van der Waals surface area contributed by atoms with Gasteiger partial charge in [-0.25, -0.2) is 4.79 Å². The van der Waals surface area contributed by atoms with Gasteiger partial charge in [0.1, 0.15) is 6.10 Å². The number of aliphatic hydroxyl groups is 1. The maximum Gasteiger partial charge on any atom is 0.513 e. The smallest absolute Gasteiger partial charge is 0.481 e. The van der Waals surface area contributed by atoms with E-state index in [1.165, 1.54) is 95.5 Å². The maximum atomic E-state index is 12.7. The first-order chi connectivity index (χ1) is 23.7. The fraction of sp³-hybridized carbons (Fsp3) is 0.795. The molecule has 0 spiro atoms. The Morgan fingerprint density at radius 2 is 1.43 bits per heavy atom. The monoisotopic (exact) mass is 685 g/mol. The first-order valence-electron chi connectivity index (χ1n) is 20.8. The topological polar surface area (TPSA) is 65.0 Å². The molecule has 4 rings (SSSR count). The lowest BCUT2D eigenvalue weighted by Crippen LogP contribution is -2.62. The molecule has 3 aliphatic rings. The molecule has 1 saturated carbocycles. The summed E-state index contributed by atoms with van der Waals surface area (Å²) in [4.78, 5) is 12.7. The number of benzene rings is 1. The van der Waals surface area contributed by atoms with Crippen LogP contribution in [-0.4, -0.2) is 29.6 Å². The molecule has 4 unspecified atom stereocenters. The van der Waals surface area contributed by atoms with Gasteiger partial charge in [-0.3, -0.25) is 0 Å². The zero-order valence-electron chi connectivity index (χ0n) is 33.2. The van der Waals surface area contributed by atoms with E-state index in [-0.39, 0.29) is 12.0 Å². The van der Waals surface area contributed by atoms with Crippen molar-refractivity contribution >= 4 is 6.16 Å². The molecule has 1 N–H and O–H groups in total. The van der Waals surface area contributed by atoms with Crippen molar-refractivity contribution in [2.45, 2.75) is 207 Å². The van der Waals surface area contributed by atoms with Gasteiger partial charge in [0.05, 0.1) is 17.6 Å². The molecule has 282 valence electrons. The lowest BCUT2D eigenvalue weighted by atomic mass is 9.52. The normalized spacial score (nSPS) is 23.3. The SMILES string of the molecule is C=C(CC)C1Oc2c(OC(=O)OCCCCCCCCCCCCCCC)ccc3c2C1(CCC)C(C)(O)C(CC)C3.CC.CCC1CC1. The van der Waals surface area contributed by atoms with Crippen LogP contribution in [0.3, 0.4) is 0 Å². The number of ether oxygens (including phenoxy) is 3. The van der Waals surface area contributed by atoms with Crippen molar-refractivity contribution in [2.75, 3.05) is 6.61 Å². The molecule has 4 atom stereocenters. The first-order valence-corrected chi connectivity index (χ1v) is 20.8. The number of unbranched alkanes of at least 4 members (excludes halogenated alkanes) is 12. The van der Waals surface area contributed by atoms with Crippen LogP contribution in [0.5, 0.6) is 11.5 Å². The predicted molar refractivity (Wildman–Crippen MR) is 207 cm³/mol. The third-order valence-corrected chi connectivity index (χ3v) is 11.4. The van der Waals surface area contributed by atoms with E-state index in [0.29, 0.717) is 18.1 Å². The molecule has 5 nitrogen and oxygen atoms in total. The predicted octanol–water partition coefficient (Wildman–Crippen LogP) is 13.2. The van der Waals surface area contributed by atoms with Gasteiger partial charge in [0.25, 0.3) is 0 Å². The zero-order chi connectivity index (χ0) is 36.3. The lowest BCUT2D eigenvalue weighted by Gasteiger charge is -2.53. The van der Waals surface area contributed by atoms with Crippen molar-refractivity contribution in [1.82, 2.24) is 0 Å². The molecular weight excluding hydrogens is 608 g/mol. The standard InChI is InChI=1S/C37H60O5.C5H10.C2H6/c1-7-11-12-13-14-15-16-17-18-19-20-21-22-26-40-35(38)41-31-24-23-29-27-30(10-4)36(6,39)37(25-8-2)32(29)33(31)42-34(37)28(5)9-3;1-2-5-3-4-5;1-2/h23-24,30,34,39H,5,7-22,25-27H2,1-4,6H3;5H,2-4H2,1H3;1-2H3. The van der Waals surface area contributed by atoms with Crippen LogP contribution < -0.4 is 9.47 Å². The van der Waals surface area contributed by atoms with Gasteiger partial charge in [-0.05, 0) is 61.6 Å². The molecule has 49 heavy (non-hydrogen) atoms. The van der Waals surface area contributed by atoms with Crippen molar-refractivity contribution in [1.29, 1.82) is 0 Å². The Balaban J connectivity index is 0.00000107. The number of carbonyl (C=O) groups is 1. The van der Waals surface area contributed by atoms with Crippen molar-refractivity contribution in [2.24, 2.45) is 11.8 Å². The average Bonchev–Trinajstić information content (AvgIpc) is 3.88. The summed E-state index contributed by atoms with van der Waals surface area (Å²) in [6, 6.07) is 3.89. The van der Waals surface area contributed by atoms with Gasteiger partial charge in [0.15, 0.2) is 11.5 Å². The van der Waals surface area contributed by atoms with Crippen LogP contribution in [0, 0.1) is 11.8 Å². The molecule has 0 bridgehead atoms. The van der Waals surface area contributed by atoms with Gasteiger partial charge >= 0.3 is 6.16 Å². The van der Waals surface area contributed by atoms with Crippen LogP contribution in [0.2, 0.25) is 0 Å². The molecular formula is C44H76O5. The minimum absolute atomic E-state index is 0.107. The molecule has 0 saturated heterocycles. The summed E-state index contributed by atoms with van der Waals surface area (Å²) >= 11 is 0. The van der Waals surface area contributed by atoms with Crippen molar-refractivity contribution in [3.63, 3.8) is 0 Å². The number of hydrogen-bond acceptors (Lipinski definition) is 5. The van der Waals surface area contributed by atoms with E-state index < -0.39 is 17.2 Å². The highest BCUT2D eigenvalue weighted by Gasteiger charge is 2.65. The van der Waals surface area contributed by atoms with Crippen molar-refractivity contribution < 1.29 is 24.1 Å². The molecule has 0 aromatic heterocycles. The van der Waals surface area contributed by atoms with Crippen molar-refractivity contribution in [3.05, 3.63) is 35.4 Å². The summed E-state index contributed by atoms with van der Waals surface area (Å²) in [5.41, 5.74) is 1.53. The van der Waals surface area contributed by atoms with Crippen LogP contribution in [0.25, 0.3) is 0 Å². The van der Waals surface area contributed by atoms with Crippen molar-refractivity contribution in [3.8, 4) is 11.5 Å². The van der Waals surface area contributed by atoms with E-state index in [9.17, 15) is 9.90 Å². The van der Waals surface area contributed by atoms with Gasteiger partial charge in [-0.1, -0.05) is 170 Å². The highest BCUT2D eigenvalue weighted by atomic mass is 16.7. The second kappa shape index (κ2) is 22.7. The summed E-state index contributed by atoms with van der Waals surface area (Å²) in [6.45, 7) is 21.6. The lowest BCUT2D eigenvalue weighted by molar-refractivity contribution is -0.106. The summed E-state index contributed by atoms with van der Waals surface area (Å²) in [5, 5.41) is 12.2. The van der Waals surface area contributed by atoms with Crippen LogP contribution >= 0.6 is 0 Å². The number of hydrogen-bond donors (Lipinski definition) is 1. The maximum absolute atomic E-state index is 12.7.